The third-order valence-corrected chi connectivity index (χ3v) is 3.37. The molecule has 84 valence electrons. The SMILES string of the molecule is CCC(C)C(CCC1CCCO1)NN. The van der Waals surface area contributed by atoms with Gasteiger partial charge in [-0.25, -0.2) is 0 Å². The standard InChI is InChI=1S/C11H24N2O/c1-3-9(2)11(13-12)7-6-10-5-4-8-14-10/h9-11,13H,3-8,12H2,1-2H3. The van der Waals surface area contributed by atoms with E-state index in [0.717, 1.165) is 19.4 Å². The fourth-order valence-electron chi connectivity index (χ4n) is 2.05. The summed E-state index contributed by atoms with van der Waals surface area (Å²) in [6, 6.07) is 0.448. The van der Waals surface area contributed by atoms with Gasteiger partial charge in [-0.3, -0.25) is 11.3 Å². The first-order valence-corrected chi connectivity index (χ1v) is 5.85. The van der Waals surface area contributed by atoms with E-state index in [4.69, 9.17) is 10.6 Å². The molecule has 3 atom stereocenters. The Labute approximate surface area is 87.4 Å². The molecule has 0 aromatic rings. The number of hydrogen-bond acceptors (Lipinski definition) is 3. The monoisotopic (exact) mass is 200 g/mol. The summed E-state index contributed by atoms with van der Waals surface area (Å²) in [4.78, 5) is 0. The van der Waals surface area contributed by atoms with Crippen LogP contribution in [0.1, 0.15) is 46.0 Å². The fourth-order valence-corrected chi connectivity index (χ4v) is 2.05. The molecule has 1 aliphatic rings. The molecule has 0 saturated carbocycles. The molecule has 0 aromatic carbocycles. The molecule has 14 heavy (non-hydrogen) atoms. The summed E-state index contributed by atoms with van der Waals surface area (Å²) in [6.07, 6.45) is 6.43. The maximum atomic E-state index is 5.59. The maximum Gasteiger partial charge on any atom is 0.0576 e. The summed E-state index contributed by atoms with van der Waals surface area (Å²) in [5.41, 5.74) is 2.92. The van der Waals surface area contributed by atoms with E-state index >= 15 is 0 Å². The molecule has 1 fully saturated rings. The lowest BCUT2D eigenvalue weighted by Crippen LogP contribution is -2.40. The highest BCUT2D eigenvalue weighted by molar-refractivity contribution is 4.73. The second-order valence-corrected chi connectivity index (χ2v) is 4.37. The highest BCUT2D eigenvalue weighted by atomic mass is 16.5. The van der Waals surface area contributed by atoms with Crippen molar-refractivity contribution in [2.75, 3.05) is 6.61 Å². The molecule has 0 bridgehead atoms. The first kappa shape index (κ1) is 12.0. The van der Waals surface area contributed by atoms with E-state index in [2.05, 4.69) is 19.3 Å². The molecule has 0 amide bonds. The van der Waals surface area contributed by atoms with Crippen LogP contribution in [0.15, 0.2) is 0 Å². The molecule has 3 heteroatoms. The Balaban J connectivity index is 2.19. The third kappa shape index (κ3) is 3.56. The van der Waals surface area contributed by atoms with Crippen molar-refractivity contribution < 1.29 is 4.74 Å². The smallest absolute Gasteiger partial charge is 0.0576 e. The minimum Gasteiger partial charge on any atom is -0.378 e. The molecule has 1 rings (SSSR count). The van der Waals surface area contributed by atoms with Crippen LogP contribution in [0.2, 0.25) is 0 Å². The first-order chi connectivity index (χ1) is 6.77. The van der Waals surface area contributed by atoms with Crippen LogP contribution in [-0.4, -0.2) is 18.8 Å². The molecule has 0 radical (unpaired) electrons. The predicted octanol–water partition coefficient (Wildman–Crippen LogP) is 1.82. The van der Waals surface area contributed by atoms with Crippen LogP contribution in [0.25, 0.3) is 0 Å². The molecule has 0 aliphatic carbocycles. The van der Waals surface area contributed by atoms with Crippen molar-refractivity contribution >= 4 is 0 Å². The Kier molecular flexibility index (Phi) is 5.45. The lowest BCUT2D eigenvalue weighted by Gasteiger charge is -2.23. The molecular weight excluding hydrogens is 176 g/mol. The van der Waals surface area contributed by atoms with Crippen LogP contribution in [0.3, 0.4) is 0 Å². The van der Waals surface area contributed by atoms with Crippen LogP contribution >= 0.6 is 0 Å². The van der Waals surface area contributed by atoms with Gasteiger partial charge in [-0.1, -0.05) is 20.3 Å². The van der Waals surface area contributed by atoms with Gasteiger partial charge in [0.15, 0.2) is 0 Å². The van der Waals surface area contributed by atoms with Gasteiger partial charge >= 0.3 is 0 Å². The van der Waals surface area contributed by atoms with Crippen molar-refractivity contribution in [2.24, 2.45) is 11.8 Å². The number of ether oxygens (including phenoxy) is 1. The van der Waals surface area contributed by atoms with E-state index in [9.17, 15) is 0 Å². The average Bonchev–Trinajstić information content (AvgIpc) is 2.71. The van der Waals surface area contributed by atoms with Crippen LogP contribution in [0.4, 0.5) is 0 Å². The zero-order valence-electron chi connectivity index (χ0n) is 9.46. The molecule has 3 nitrogen and oxygen atoms in total. The number of hydrazine groups is 1. The fraction of sp³-hybridized carbons (Fsp3) is 1.00. The van der Waals surface area contributed by atoms with E-state index in [1.165, 1.54) is 19.3 Å². The summed E-state index contributed by atoms with van der Waals surface area (Å²) < 4.78 is 5.59. The van der Waals surface area contributed by atoms with Crippen LogP contribution < -0.4 is 11.3 Å². The van der Waals surface area contributed by atoms with Crippen LogP contribution in [-0.2, 0) is 4.74 Å². The molecule has 0 aromatic heterocycles. The topological polar surface area (TPSA) is 47.3 Å². The Morgan fingerprint density at radius 1 is 1.57 bits per heavy atom. The second kappa shape index (κ2) is 6.38. The van der Waals surface area contributed by atoms with Gasteiger partial charge in [-0.15, -0.1) is 0 Å². The summed E-state index contributed by atoms with van der Waals surface area (Å²) in [7, 11) is 0. The van der Waals surface area contributed by atoms with Crippen molar-refractivity contribution in [1.82, 2.24) is 5.43 Å². The molecule has 1 heterocycles. The lowest BCUT2D eigenvalue weighted by atomic mass is 9.94. The van der Waals surface area contributed by atoms with Crippen molar-refractivity contribution in [3.63, 3.8) is 0 Å². The van der Waals surface area contributed by atoms with Gasteiger partial charge in [0.2, 0.25) is 0 Å². The molecule has 1 aliphatic heterocycles. The Bertz CT molecular complexity index is 146. The summed E-state index contributed by atoms with van der Waals surface area (Å²) in [6.45, 7) is 5.41. The van der Waals surface area contributed by atoms with E-state index in [1.807, 2.05) is 0 Å². The summed E-state index contributed by atoms with van der Waals surface area (Å²) in [5.74, 6) is 6.20. The first-order valence-electron chi connectivity index (χ1n) is 5.85. The van der Waals surface area contributed by atoms with Crippen molar-refractivity contribution in [3.05, 3.63) is 0 Å². The largest absolute Gasteiger partial charge is 0.378 e. The van der Waals surface area contributed by atoms with E-state index in [-0.39, 0.29) is 0 Å². The number of rotatable bonds is 6. The van der Waals surface area contributed by atoms with Gasteiger partial charge in [0.25, 0.3) is 0 Å². The average molecular weight is 200 g/mol. The zero-order chi connectivity index (χ0) is 10.4. The van der Waals surface area contributed by atoms with Crippen molar-refractivity contribution in [1.29, 1.82) is 0 Å². The number of hydrogen-bond donors (Lipinski definition) is 2. The number of nitrogens with one attached hydrogen (secondary N) is 1. The highest BCUT2D eigenvalue weighted by Gasteiger charge is 2.19. The van der Waals surface area contributed by atoms with Crippen LogP contribution in [0, 0.1) is 5.92 Å². The van der Waals surface area contributed by atoms with Crippen molar-refractivity contribution in [3.8, 4) is 0 Å². The van der Waals surface area contributed by atoms with E-state index in [0.29, 0.717) is 18.1 Å². The van der Waals surface area contributed by atoms with Gasteiger partial charge in [-0.05, 0) is 31.6 Å². The van der Waals surface area contributed by atoms with Crippen LogP contribution in [0.5, 0.6) is 0 Å². The minimum atomic E-state index is 0.448. The Morgan fingerprint density at radius 2 is 2.36 bits per heavy atom. The van der Waals surface area contributed by atoms with E-state index in [1.54, 1.807) is 0 Å². The molecule has 3 unspecified atom stereocenters. The highest BCUT2D eigenvalue weighted by Crippen LogP contribution is 2.20. The molecule has 3 N–H and O–H groups in total. The van der Waals surface area contributed by atoms with Gasteiger partial charge in [0.05, 0.1) is 6.10 Å². The third-order valence-electron chi connectivity index (χ3n) is 3.37. The molecule has 1 saturated heterocycles. The summed E-state index contributed by atoms with van der Waals surface area (Å²) in [5, 5.41) is 0. The minimum absolute atomic E-state index is 0.448. The summed E-state index contributed by atoms with van der Waals surface area (Å²) >= 11 is 0. The zero-order valence-corrected chi connectivity index (χ0v) is 9.46. The molecular formula is C11H24N2O. The Hall–Kier alpha value is -0.120. The Morgan fingerprint density at radius 3 is 2.86 bits per heavy atom. The maximum absolute atomic E-state index is 5.59. The van der Waals surface area contributed by atoms with Crippen molar-refractivity contribution in [2.45, 2.75) is 58.1 Å². The molecule has 0 spiro atoms. The van der Waals surface area contributed by atoms with Gasteiger partial charge < -0.3 is 4.74 Å². The lowest BCUT2D eigenvalue weighted by molar-refractivity contribution is 0.0973. The number of nitrogens with two attached hydrogens (primary N) is 1. The quantitative estimate of drug-likeness (QED) is 0.508. The van der Waals surface area contributed by atoms with Gasteiger partial charge in [0, 0.05) is 12.6 Å². The van der Waals surface area contributed by atoms with Gasteiger partial charge in [-0.2, -0.15) is 0 Å². The van der Waals surface area contributed by atoms with Gasteiger partial charge in [0.1, 0.15) is 0 Å². The predicted molar refractivity (Wildman–Crippen MR) is 58.8 cm³/mol. The van der Waals surface area contributed by atoms with E-state index < -0.39 is 0 Å². The second-order valence-electron chi connectivity index (χ2n) is 4.37. The normalized spacial score (nSPS) is 26.4.